The normalized spacial score (nSPS) is 13.5. The van der Waals surface area contributed by atoms with Crippen molar-refractivity contribution in [2.45, 2.75) is 33.1 Å². The van der Waals surface area contributed by atoms with Crippen molar-refractivity contribution in [1.29, 1.82) is 0 Å². The van der Waals surface area contributed by atoms with Gasteiger partial charge in [-0.2, -0.15) is 0 Å². The van der Waals surface area contributed by atoms with E-state index in [4.69, 9.17) is 16.3 Å². The third-order valence-corrected chi connectivity index (χ3v) is 3.55. The second-order valence-corrected chi connectivity index (χ2v) is 5.19. The Balaban J connectivity index is 3.19. The fourth-order valence-electron chi connectivity index (χ4n) is 2.23. The quantitative estimate of drug-likeness (QED) is 0.618. The third kappa shape index (κ3) is 3.94. The fourth-order valence-corrected chi connectivity index (χ4v) is 2.34. The standard InChI is InChI=1S/C15H18ClFO4/c1-3-7-15(13(18)19,14(20)21-4-2)9-10-5-6-11(16)12(17)8-10/h5-6,8H,3-4,7,9H2,1-2H3,(H,18,19). The summed E-state index contributed by atoms with van der Waals surface area (Å²) in [6, 6.07) is 4.00. The predicted octanol–water partition coefficient (Wildman–Crippen LogP) is 3.46. The lowest BCUT2D eigenvalue weighted by atomic mass is 9.77. The van der Waals surface area contributed by atoms with Crippen LogP contribution in [0.25, 0.3) is 0 Å². The van der Waals surface area contributed by atoms with E-state index in [1.807, 2.05) is 0 Å². The highest BCUT2D eigenvalue weighted by molar-refractivity contribution is 6.30. The summed E-state index contributed by atoms with van der Waals surface area (Å²) in [6.45, 7) is 3.48. The second-order valence-electron chi connectivity index (χ2n) is 4.78. The van der Waals surface area contributed by atoms with Crippen LogP contribution in [-0.4, -0.2) is 23.7 Å². The van der Waals surface area contributed by atoms with Crippen molar-refractivity contribution in [3.63, 3.8) is 0 Å². The van der Waals surface area contributed by atoms with Crippen LogP contribution in [0.3, 0.4) is 0 Å². The molecule has 1 rings (SSSR count). The monoisotopic (exact) mass is 316 g/mol. The Morgan fingerprint density at radius 3 is 2.52 bits per heavy atom. The summed E-state index contributed by atoms with van der Waals surface area (Å²) in [5.41, 5.74) is -1.31. The molecule has 0 heterocycles. The lowest BCUT2D eigenvalue weighted by molar-refractivity contribution is -0.169. The van der Waals surface area contributed by atoms with Crippen LogP contribution in [0.1, 0.15) is 32.3 Å². The third-order valence-electron chi connectivity index (χ3n) is 3.24. The first kappa shape index (κ1) is 17.4. The van der Waals surface area contributed by atoms with E-state index in [9.17, 15) is 19.1 Å². The van der Waals surface area contributed by atoms with Crippen molar-refractivity contribution in [3.8, 4) is 0 Å². The van der Waals surface area contributed by atoms with Crippen LogP contribution in [0.4, 0.5) is 4.39 Å². The summed E-state index contributed by atoms with van der Waals surface area (Å²) in [4.78, 5) is 23.8. The molecule has 1 aromatic carbocycles. The maximum atomic E-state index is 13.5. The van der Waals surface area contributed by atoms with Crippen LogP contribution in [0.15, 0.2) is 18.2 Å². The van der Waals surface area contributed by atoms with Gasteiger partial charge in [-0.25, -0.2) is 4.39 Å². The van der Waals surface area contributed by atoms with Crippen molar-refractivity contribution in [1.82, 2.24) is 0 Å². The number of hydrogen-bond acceptors (Lipinski definition) is 3. The van der Waals surface area contributed by atoms with Gasteiger partial charge in [0.2, 0.25) is 0 Å². The topological polar surface area (TPSA) is 63.6 Å². The van der Waals surface area contributed by atoms with Gasteiger partial charge in [-0.05, 0) is 37.5 Å². The van der Waals surface area contributed by atoms with E-state index in [0.29, 0.717) is 12.0 Å². The molecule has 0 aromatic heterocycles. The van der Waals surface area contributed by atoms with Gasteiger partial charge in [-0.1, -0.05) is 31.0 Å². The molecular weight excluding hydrogens is 299 g/mol. The molecule has 21 heavy (non-hydrogen) atoms. The molecule has 116 valence electrons. The average molecular weight is 317 g/mol. The summed E-state index contributed by atoms with van der Waals surface area (Å²) in [7, 11) is 0. The number of ether oxygens (including phenoxy) is 1. The maximum Gasteiger partial charge on any atom is 0.323 e. The summed E-state index contributed by atoms with van der Waals surface area (Å²) in [5.74, 6) is -2.71. The van der Waals surface area contributed by atoms with E-state index in [-0.39, 0.29) is 24.5 Å². The summed E-state index contributed by atoms with van der Waals surface area (Å²) < 4.78 is 18.4. The molecular formula is C15H18ClFO4. The van der Waals surface area contributed by atoms with Crippen LogP contribution < -0.4 is 0 Å². The molecule has 1 unspecified atom stereocenters. The molecule has 0 aliphatic rings. The molecule has 6 heteroatoms. The molecule has 0 bridgehead atoms. The number of benzene rings is 1. The highest BCUT2D eigenvalue weighted by Crippen LogP contribution is 2.32. The van der Waals surface area contributed by atoms with Crippen LogP contribution in [0, 0.1) is 11.2 Å². The van der Waals surface area contributed by atoms with Gasteiger partial charge in [-0.15, -0.1) is 0 Å². The first-order chi connectivity index (χ1) is 9.87. The molecule has 0 aliphatic heterocycles. The van der Waals surface area contributed by atoms with Gasteiger partial charge in [-0.3, -0.25) is 9.59 Å². The molecule has 0 fully saturated rings. The summed E-state index contributed by atoms with van der Waals surface area (Å²) in [6.07, 6.45) is 0.468. The number of carbonyl (C=O) groups excluding carboxylic acids is 1. The SMILES string of the molecule is CCCC(Cc1ccc(Cl)c(F)c1)(C(=O)O)C(=O)OCC. The Kier molecular flexibility index (Phi) is 6.15. The predicted molar refractivity (Wildman–Crippen MR) is 76.7 cm³/mol. The molecule has 0 radical (unpaired) electrons. The average Bonchev–Trinajstić information content (AvgIpc) is 2.42. The molecule has 1 aromatic rings. The van der Waals surface area contributed by atoms with E-state index in [0.717, 1.165) is 6.07 Å². The Labute approximate surface area is 127 Å². The van der Waals surface area contributed by atoms with Crippen molar-refractivity contribution in [2.75, 3.05) is 6.61 Å². The van der Waals surface area contributed by atoms with Crippen LogP contribution in [-0.2, 0) is 20.7 Å². The minimum atomic E-state index is -1.70. The van der Waals surface area contributed by atoms with Crippen molar-refractivity contribution < 1.29 is 23.8 Å². The molecule has 1 N–H and O–H groups in total. The number of carboxylic acids is 1. The van der Waals surface area contributed by atoms with Gasteiger partial charge < -0.3 is 9.84 Å². The van der Waals surface area contributed by atoms with E-state index in [2.05, 4.69) is 0 Å². The van der Waals surface area contributed by atoms with E-state index < -0.39 is 23.2 Å². The number of esters is 1. The summed E-state index contributed by atoms with van der Waals surface area (Å²) in [5, 5.41) is 9.47. The van der Waals surface area contributed by atoms with Gasteiger partial charge in [0.05, 0.1) is 11.6 Å². The number of carboxylic acid groups (broad SMARTS) is 1. The number of halogens is 2. The first-order valence-electron chi connectivity index (χ1n) is 6.72. The van der Waals surface area contributed by atoms with Gasteiger partial charge in [0.15, 0.2) is 5.41 Å². The molecule has 4 nitrogen and oxygen atoms in total. The smallest absolute Gasteiger partial charge is 0.323 e. The van der Waals surface area contributed by atoms with Crippen LogP contribution in [0.5, 0.6) is 0 Å². The Bertz CT molecular complexity index is 532. The van der Waals surface area contributed by atoms with Gasteiger partial charge in [0.25, 0.3) is 0 Å². The van der Waals surface area contributed by atoms with Crippen molar-refractivity contribution in [2.24, 2.45) is 5.41 Å². The Morgan fingerprint density at radius 2 is 2.05 bits per heavy atom. The minimum Gasteiger partial charge on any atom is -0.480 e. The zero-order valence-electron chi connectivity index (χ0n) is 12.0. The van der Waals surface area contributed by atoms with Gasteiger partial charge in [0, 0.05) is 0 Å². The van der Waals surface area contributed by atoms with E-state index in [1.165, 1.54) is 12.1 Å². The second kappa shape index (κ2) is 7.41. The molecule has 0 amide bonds. The molecule has 0 aliphatic carbocycles. The van der Waals surface area contributed by atoms with Crippen LogP contribution >= 0.6 is 11.6 Å². The number of rotatable bonds is 7. The Hall–Kier alpha value is -1.62. The van der Waals surface area contributed by atoms with E-state index >= 15 is 0 Å². The lowest BCUT2D eigenvalue weighted by Crippen LogP contribution is -2.42. The highest BCUT2D eigenvalue weighted by atomic mass is 35.5. The van der Waals surface area contributed by atoms with Crippen molar-refractivity contribution in [3.05, 3.63) is 34.6 Å². The summed E-state index contributed by atoms with van der Waals surface area (Å²) >= 11 is 5.60. The number of aliphatic carboxylic acids is 1. The molecule has 1 atom stereocenters. The van der Waals surface area contributed by atoms with Gasteiger partial charge in [0.1, 0.15) is 5.82 Å². The zero-order valence-corrected chi connectivity index (χ0v) is 12.7. The zero-order chi connectivity index (χ0) is 16.0. The first-order valence-corrected chi connectivity index (χ1v) is 7.09. The van der Waals surface area contributed by atoms with Gasteiger partial charge >= 0.3 is 11.9 Å². The lowest BCUT2D eigenvalue weighted by Gasteiger charge is -2.27. The highest BCUT2D eigenvalue weighted by Gasteiger charge is 2.47. The minimum absolute atomic E-state index is 0.0497. The molecule has 0 saturated carbocycles. The number of carbonyl (C=O) groups is 2. The maximum absolute atomic E-state index is 13.5. The van der Waals surface area contributed by atoms with E-state index in [1.54, 1.807) is 13.8 Å². The Morgan fingerprint density at radius 1 is 1.38 bits per heavy atom. The van der Waals surface area contributed by atoms with Crippen LogP contribution in [0.2, 0.25) is 5.02 Å². The molecule has 0 saturated heterocycles. The largest absolute Gasteiger partial charge is 0.480 e. The number of hydrogen-bond donors (Lipinski definition) is 1. The molecule has 0 spiro atoms. The van der Waals surface area contributed by atoms with Crippen molar-refractivity contribution >= 4 is 23.5 Å². The fraction of sp³-hybridized carbons (Fsp3) is 0.467.